The molecule has 0 aliphatic carbocycles. The lowest BCUT2D eigenvalue weighted by Crippen LogP contribution is -2.18. The first-order chi connectivity index (χ1) is 13.3. The third-order valence-electron chi connectivity index (χ3n) is 3.49. The number of nitrogens with one attached hydrogen (secondary N) is 2. The largest absolute Gasteiger partial charge is 0.326 e. The van der Waals surface area contributed by atoms with E-state index in [1.54, 1.807) is 18.2 Å². The van der Waals surface area contributed by atoms with E-state index in [2.05, 4.69) is 15.8 Å². The number of hydrogen-bond donors (Lipinski definition) is 2. The number of amides is 2. The van der Waals surface area contributed by atoms with Crippen LogP contribution in [0.4, 0.5) is 11.4 Å². The van der Waals surface area contributed by atoms with Gasteiger partial charge in [0, 0.05) is 36.2 Å². The summed E-state index contributed by atoms with van der Waals surface area (Å²) in [5.74, 6) is -0.629. The number of non-ortho nitro benzene ring substituents is 1. The van der Waals surface area contributed by atoms with Gasteiger partial charge in [-0.1, -0.05) is 35.3 Å². The lowest BCUT2D eigenvalue weighted by Gasteiger charge is -2.06. The van der Waals surface area contributed by atoms with Crippen LogP contribution in [-0.2, 0) is 9.59 Å². The summed E-state index contributed by atoms with van der Waals surface area (Å²) in [4.78, 5) is 33.8. The third kappa shape index (κ3) is 6.98. The van der Waals surface area contributed by atoms with E-state index in [9.17, 15) is 19.7 Å². The molecule has 0 fully saturated rings. The molecule has 2 N–H and O–H groups in total. The molecular weight excluding hydrogens is 407 g/mol. The average molecular weight is 423 g/mol. The molecular formula is C18H16Cl2N4O4. The molecule has 0 saturated heterocycles. The summed E-state index contributed by atoms with van der Waals surface area (Å²) >= 11 is 11.7. The maximum atomic E-state index is 11.9. The van der Waals surface area contributed by atoms with Crippen molar-refractivity contribution in [3.8, 4) is 0 Å². The molecule has 28 heavy (non-hydrogen) atoms. The minimum Gasteiger partial charge on any atom is -0.326 e. The number of hydrazone groups is 1. The number of nitro groups is 1. The fraction of sp³-hybridized carbons (Fsp3) is 0.167. The van der Waals surface area contributed by atoms with Crippen molar-refractivity contribution in [1.82, 2.24) is 5.43 Å². The Bertz CT molecular complexity index is 918. The second-order valence-corrected chi connectivity index (χ2v) is 6.49. The Morgan fingerprint density at radius 2 is 1.82 bits per heavy atom. The van der Waals surface area contributed by atoms with Crippen molar-refractivity contribution in [2.75, 3.05) is 5.32 Å². The second kappa shape index (κ2) is 10.4. The van der Waals surface area contributed by atoms with Gasteiger partial charge in [-0.05, 0) is 24.6 Å². The van der Waals surface area contributed by atoms with Crippen molar-refractivity contribution in [2.24, 2.45) is 5.10 Å². The second-order valence-electron chi connectivity index (χ2n) is 5.68. The van der Waals surface area contributed by atoms with Gasteiger partial charge in [0.25, 0.3) is 5.69 Å². The van der Waals surface area contributed by atoms with Gasteiger partial charge < -0.3 is 5.32 Å². The van der Waals surface area contributed by atoms with Crippen molar-refractivity contribution >= 4 is 52.6 Å². The van der Waals surface area contributed by atoms with E-state index in [1.807, 2.05) is 0 Å². The maximum absolute atomic E-state index is 11.9. The van der Waals surface area contributed by atoms with Gasteiger partial charge in [0.2, 0.25) is 11.8 Å². The van der Waals surface area contributed by atoms with Crippen molar-refractivity contribution in [2.45, 2.75) is 19.3 Å². The first kappa shape index (κ1) is 21.3. The number of benzene rings is 2. The minimum atomic E-state index is -0.515. The predicted octanol–water partition coefficient (Wildman–Crippen LogP) is 4.16. The highest BCUT2D eigenvalue weighted by Crippen LogP contribution is 2.25. The molecule has 146 valence electrons. The summed E-state index contributed by atoms with van der Waals surface area (Å²) in [6, 6.07) is 10.6. The summed E-state index contributed by atoms with van der Waals surface area (Å²) in [6.45, 7) is 0. The Morgan fingerprint density at radius 3 is 2.54 bits per heavy atom. The van der Waals surface area contributed by atoms with Gasteiger partial charge in [-0.25, -0.2) is 5.43 Å². The van der Waals surface area contributed by atoms with Crippen LogP contribution in [0.5, 0.6) is 0 Å². The molecule has 2 aromatic rings. The van der Waals surface area contributed by atoms with Crippen LogP contribution in [0.1, 0.15) is 24.8 Å². The minimum absolute atomic E-state index is 0.0664. The number of carbonyl (C=O) groups excluding carboxylic acids is 2. The lowest BCUT2D eigenvalue weighted by molar-refractivity contribution is -0.384. The van der Waals surface area contributed by atoms with Crippen LogP contribution >= 0.6 is 23.2 Å². The Balaban J connectivity index is 1.72. The van der Waals surface area contributed by atoms with Gasteiger partial charge in [0.05, 0.1) is 21.2 Å². The molecule has 0 unspecified atom stereocenters. The zero-order valence-corrected chi connectivity index (χ0v) is 16.0. The van der Waals surface area contributed by atoms with Crippen molar-refractivity contribution in [3.05, 3.63) is 68.2 Å². The zero-order chi connectivity index (χ0) is 20.5. The normalized spacial score (nSPS) is 10.6. The van der Waals surface area contributed by atoms with Crippen LogP contribution in [0.15, 0.2) is 47.6 Å². The molecule has 0 bridgehead atoms. The van der Waals surface area contributed by atoms with E-state index in [-0.39, 0.29) is 30.3 Å². The van der Waals surface area contributed by atoms with Crippen LogP contribution < -0.4 is 10.7 Å². The van der Waals surface area contributed by atoms with Gasteiger partial charge in [-0.15, -0.1) is 0 Å². The van der Waals surface area contributed by atoms with Crippen molar-refractivity contribution in [1.29, 1.82) is 0 Å². The fourth-order valence-corrected chi connectivity index (χ4v) is 2.46. The zero-order valence-electron chi connectivity index (χ0n) is 14.5. The molecule has 0 radical (unpaired) electrons. The van der Waals surface area contributed by atoms with Crippen LogP contribution in [0.25, 0.3) is 0 Å². The molecule has 0 aromatic heterocycles. The number of rotatable bonds is 8. The van der Waals surface area contributed by atoms with E-state index in [0.717, 1.165) is 0 Å². The highest BCUT2D eigenvalue weighted by molar-refractivity contribution is 6.42. The molecule has 2 amide bonds. The Hall–Kier alpha value is -2.97. The summed E-state index contributed by atoms with van der Waals surface area (Å²) in [7, 11) is 0. The molecule has 2 aromatic carbocycles. The monoisotopic (exact) mass is 422 g/mol. The first-order valence-corrected chi connectivity index (χ1v) is 8.92. The summed E-state index contributed by atoms with van der Waals surface area (Å²) < 4.78 is 0. The third-order valence-corrected chi connectivity index (χ3v) is 4.23. The Kier molecular flexibility index (Phi) is 7.91. The van der Waals surface area contributed by atoms with E-state index in [1.165, 1.54) is 30.5 Å². The number of nitrogens with zero attached hydrogens (tertiary/aromatic N) is 2. The molecule has 2 rings (SSSR count). The van der Waals surface area contributed by atoms with Gasteiger partial charge in [0.1, 0.15) is 0 Å². The van der Waals surface area contributed by atoms with Crippen LogP contribution in [-0.4, -0.2) is 23.0 Å². The SMILES string of the molecule is O=C(CCCC(=O)Nc1ccc(Cl)c(Cl)c1)N/N=C\c1cccc([N+](=O)[O-])c1. The molecule has 0 spiro atoms. The van der Waals surface area contributed by atoms with E-state index >= 15 is 0 Å². The summed E-state index contributed by atoms with van der Waals surface area (Å²) in [6.07, 6.45) is 1.87. The topological polar surface area (TPSA) is 114 Å². The van der Waals surface area contributed by atoms with Crippen LogP contribution in [0.3, 0.4) is 0 Å². The number of carbonyl (C=O) groups is 2. The van der Waals surface area contributed by atoms with Gasteiger partial charge in [-0.2, -0.15) is 5.10 Å². The van der Waals surface area contributed by atoms with Crippen molar-refractivity contribution in [3.63, 3.8) is 0 Å². The number of halogens is 2. The average Bonchev–Trinajstić information content (AvgIpc) is 2.65. The highest BCUT2D eigenvalue weighted by Gasteiger charge is 2.07. The van der Waals surface area contributed by atoms with Crippen LogP contribution in [0.2, 0.25) is 10.0 Å². The molecule has 0 aliphatic heterocycles. The smallest absolute Gasteiger partial charge is 0.270 e. The molecule has 0 aliphatic rings. The predicted molar refractivity (Wildman–Crippen MR) is 108 cm³/mol. The summed E-state index contributed by atoms with van der Waals surface area (Å²) in [5, 5.41) is 17.8. The van der Waals surface area contributed by atoms with Crippen molar-refractivity contribution < 1.29 is 14.5 Å². The highest BCUT2D eigenvalue weighted by atomic mass is 35.5. The summed E-state index contributed by atoms with van der Waals surface area (Å²) in [5.41, 5.74) is 3.25. The van der Waals surface area contributed by atoms with Gasteiger partial charge >= 0.3 is 0 Å². The number of anilines is 1. The standard InChI is InChI=1S/C18H16Cl2N4O4/c19-15-8-7-13(10-16(15)20)22-17(25)5-2-6-18(26)23-21-11-12-3-1-4-14(9-12)24(27)28/h1,3-4,7-11H,2,5-6H2,(H,22,25)(H,23,26)/b21-11-. The number of nitro benzene ring substituents is 1. The fourth-order valence-electron chi connectivity index (χ4n) is 2.16. The molecule has 8 nitrogen and oxygen atoms in total. The quantitative estimate of drug-likeness (QED) is 0.377. The van der Waals surface area contributed by atoms with Crippen LogP contribution in [0, 0.1) is 10.1 Å². The first-order valence-electron chi connectivity index (χ1n) is 8.16. The number of hydrogen-bond acceptors (Lipinski definition) is 5. The maximum Gasteiger partial charge on any atom is 0.270 e. The molecule has 0 saturated carbocycles. The van der Waals surface area contributed by atoms with E-state index < -0.39 is 4.92 Å². The van der Waals surface area contributed by atoms with E-state index in [0.29, 0.717) is 27.7 Å². The van der Waals surface area contributed by atoms with Gasteiger partial charge in [-0.3, -0.25) is 19.7 Å². The molecule has 10 heteroatoms. The lowest BCUT2D eigenvalue weighted by atomic mass is 10.2. The Morgan fingerprint density at radius 1 is 1.07 bits per heavy atom. The van der Waals surface area contributed by atoms with E-state index in [4.69, 9.17) is 23.2 Å². The molecule has 0 heterocycles. The van der Waals surface area contributed by atoms with Gasteiger partial charge in [0.15, 0.2) is 0 Å². The molecule has 0 atom stereocenters. The Labute approximate surface area is 170 Å².